The molecule has 1 atom stereocenters. The Morgan fingerprint density at radius 1 is 1.26 bits per heavy atom. The van der Waals surface area contributed by atoms with Gasteiger partial charge in [0.1, 0.15) is 0 Å². The molecule has 0 radical (unpaired) electrons. The van der Waals surface area contributed by atoms with Crippen LogP contribution in [0.1, 0.15) is 26.2 Å². The molecule has 1 unspecified atom stereocenters. The van der Waals surface area contributed by atoms with Crippen molar-refractivity contribution in [3.8, 4) is 0 Å². The highest BCUT2D eigenvalue weighted by molar-refractivity contribution is 5.95. The first kappa shape index (κ1) is 15.4. The molecule has 1 saturated heterocycles. The zero-order valence-electron chi connectivity index (χ0n) is 11.4. The number of hydrogen-bond acceptors (Lipinski definition) is 4. The predicted octanol–water partition coefficient (Wildman–Crippen LogP) is 0.113. The van der Waals surface area contributed by atoms with E-state index in [4.69, 9.17) is 5.11 Å². The number of carboxylic acid groups (broad SMARTS) is 1. The fraction of sp³-hybridized carbons (Fsp3) is 0.750. The lowest BCUT2D eigenvalue weighted by atomic mass is 10.1. The number of imide groups is 1. The van der Waals surface area contributed by atoms with E-state index < -0.39 is 17.9 Å². The molecule has 0 aromatic carbocycles. The molecule has 1 fully saturated rings. The van der Waals surface area contributed by atoms with Gasteiger partial charge in [-0.05, 0) is 13.5 Å². The number of rotatable bonds is 4. The third-order valence-electron chi connectivity index (χ3n) is 3.35. The average Bonchev–Trinajstić information content (AvgIpc) is 2.36. The van der Waals surface area contributed by atoms with E-state index in [0.29, 0.717) is 19.1 Å². The number of likely N-dealkylation sites (N-methyl/N-ethyl adjacent to an activating group) is 1. The van der Waals surface area contributed by atoms with Crippen LogP contribution in [-0.2, 0) is 9.59 Å². The lowest BCUT2D eigenvalue weighted by molar-refractivity contribution is -0.138. The Morgan fingerprint density at radius 2 is 1.95 bits per heavy atom. The molecule has 1 heterocycles. The third-order valence-corrected chi connectivity index (χ3v) is 3.35. The maximum Gasteiger partial charge on any atom is 0.324 e. The molecule has 108 valence electrons. The number of amides is 3. The minimum Gasteiger partial charge on any atom is -0.481 e. The van der Waals surface area contributed by atoms with E-state index in [0.717, 1.165) is 13.0 Å². The van der Waals surface area contributed by atoms with Gasteiger partial charge in [-0.2, -0.15) is 0 Å². The smallest absolute Gasteiger partial charge is 0.324 e. The van der Waals surface area contributed by atoms with E-state index in [2.05, 4.69) is 17.1 Å². The number of carboxylic acids is 1. The molecule has 19 heavy (non-hydrogen) atoms. The third kappa shape index (κ3) is 4.86. The van der Waals surface area contributed by atoms with Gasteiger partial charge in [0.25, 0.3) is 0 Å². The molecule has 0 bridgehead atoms. The Balaban J connectivity index is 2.41. The summed E-state index contributed by atoms with van der Waals surface area (Å²) >= 11 is 0. The summed E-state index contributed by atoms with van der Waals surface area (Å²) in [4.78, 5) is 37.4. The highest BCUT2D eigenvalue weighted by atomic mass is 16.4. The second-order valence-corrected chi connectivity index (χ2v) is 4.74. The number of aliphatic carboxylic acids is 1. The Morgan fingerprint density at radius 3 is 2.53 bits per heavy atom. The molecule has 1 rings (SSSR count). The first-order valence-corrected chi connectivity index (χ1v) is 6.44. The van der Waals surface area contributed by atoms with Gasteiger partial charge in [0.05, 0.1) is 6.42 Å². The molecule has 0 spiro atoms. The van der Waals surface area contributed by atoms with Crippen molar-refractivity contribution in [1.29, 1.82) is 0 Å². The van der Waals surface area contributed by atoms with E-state index >= 15 is 0 Å². The Kier molecular flexibility index (Phi) is 5.75. The zero-order valence-corrected chi connectivity index (χ0v) is 11.4. The van der Waals surface area contributed by atoms with Gasteiger partial charge in [-0.3, -0.25) is 19.8 Å². The summed E-state index contributed by atoms with van der Waals surface area (Å²) in [6.07, 6.45) is 0.499. The molecule has 2 N–H and O–H groups in total. The van der Waals surface area contributed by atoms with Gasteiger partial charge < -0.3 is 10.0 Å². The van der Waals surface area contributed by atoms with Gasteiger partial charge in [-0.1, -0.05) is 6.92 Å². The van der Waals surface area contributed by atoms with Crippen molar-refractivity contribution in [1.82, 2.24) is 15.1 Å². The maximum absolute atomic E-state index is 11.8. The van der Waals surface area contributed by atoms with Crippen molar-refractivity contribution in [2.24, 2.45) is 0 Å². The van der Waals surface area contributed by atoms with Crippen molar-refractivity contribution in [2.75, 3.05) is 26.7 Å². The van der Waals surface area contributed by atoms with Gasteiger partial charge in [0.15, 0.2) is 0 Å². The fourth-order valence-electron chi connectivity index (χ4n) is 2.05. The number of piperazine rings is 1. The largest absolute Gasteiger partial charge is 0.481 e. The van der Waals surface area contributed by atoms with Crippen LogP contribution in [0.25, 0.3) is 0 Å². The topological polar surface area (TPSA) is 90.0 Å². The SMILES string of the molecule is CCC1CN(C(=O)NC(=O)CCC(=O)O)CCN1C. The second kappa shape index (κ2) is 7.08. The molecule has 0 aromatic rings. The van der Waals surface area contributed by atoms with Gasteiger partial charge in [-0.15, -0.1) is 0 Å². The number of nitrogens with one attached hydrogen (secondary N) is 1. The van der Waals surface area contributed by atoms with Crippen LogP contribution in [0.5, 0.6) is 0 Å². The van der Waals surface area contributed by atoms with E-state index in [9.17, 15) is 14.4 Å². The summed E-state index contributed by atoms with van der Waals surface area (Å²) in [7, 11) is 2.02. The van der Waals surface area contributed by atoms with Crippen molar-refractivity contribution in [3.63, 3.8) is 0 Å². The van der Waals surface area contributed by atoms with Crippen LogP contribution in [0.2, 0.25) is 0 Å². The molecule has 0 aliphatic carbocycles. The number of carbonyl (C=O) groups excluding carboxylic acids is 2. The van der Waals surface area contributed by atoms with Crippen LogP contribution in [0.3, 0.4) is 0 Å². The quantitative estimate of drug-likeness (QED) is 0.757. The summed E-state index contributed by atoms with van der Waals surface area (Å²) in [6.45, 7) is 3.99. The highest BCUT2D eigenvalue weighted by Crippen LogP contribution is 2.10. The average molecular weight is 271 g/mol. The van der Waals surface area contributed by atoms with Crippen LogP contribution < -0.4 is 5.32 Å². The van der Waals surface area contributed by atoms with E-state index in [1.807, 2.05) is 7.05 Å². The van der Waals surface area contributed by atoms with Gasteiger partial charge in [-0.25, -0.2) is 4.79 Å². The number of urea groups is 1. The van der Waals surface area contributed by atoms with Gasteiger partial charge >= 0.3 is 12.0 Å². The number of carbonyl (C=O) groups is 3. The summed E-state index contributed by atoms with van der Waals surface area (Å²) < 4.78 is 0. The Bertz CT molecular complexity index is 359. The van der Waals surface area contributed by atoms with Crippen molar-refractivity contribution < 1.29 is 19.5 Å². The summed E-state index contributed by atoms with van der Waals surface area (Å²) in [5.74, 6) is -1.59. The summed E-state index contributed by atoms with van der Waals surface area (Å²) in [5, 5.41) is 10.7. The molecule has 0 aromatic heterocycles. The van der Waals surface area contributed by atoms with Crippen molar-refractivity contribution in [3.05, 3.63) is 0 Å². The lowest BCUT2D eigenvalue weighted by Gasteiger charge is -2.38. The minimum absolute atomic E-state index is 0.175. The Hall–Kier alpha value is -1.63. The van der Waals surface area contributed by atoms with Crippen LogP contribution in [-0.4, -0.2) is 65.5 Å². The molecule has 7 heteroatoms. The van der Waals surface area contributed by atoms with Crippen LogP contribution >= 0.6 is 0 Å². The molecule has 0 saturated carbocycles. The highest BCUT2D eigenvalue weighted by Gasteiger charge is 2.26. The lowest BCUT2D eigenvalue weighted by Crippen LogP contribution is -2.56. The molecule has 3 amide bonds. The molecule has 1 aliphatic rings. The minimum atomic E-state index is -1.05. The first-order valence-electron chi connectivity index (χ1n) is 6.44. The molecule has 1 aliphatic heterocycles. The van der Waals surface area contributed by atoms with E-state index in [1.165, 1.54) is 0 Å². The van der Waals surface area contributed by atoms with Crippen molar-refractivity contribution in [2.45, 2.75) is 32.2 Å². The van der Waals surface area contributed by atoms with Crippen LogP contribution in [0.4, 0.5) is 4.79 Å². The zero-order chi connectivity index (χ0) is 14.4. The monoisotopic (exact) mass is 271 g/mol. The van der Waals surface area contributed by atoms with Crippen molar-refractivity contribution >= 4 is 17.9 Å². The van der Waals surface area contributed by atoms with E-state index in [1.54, 1.807) is 4.90 Å². The predicted molar refractivity (Wildman–Crippen MR) is 68.7 cm³/mol. The maximum atomic E-state index is 11.8. The Labute approximate surface area is 112 Å². The van der Waals surface area contributed by atoms with Gasteiger partial charge in [0.2, 0.25) is 5.91 Å². The number of nitrogens with zero attached hydrogens (tertiary/aromatic N) is 2. The fourth-order valence-corrected chi connectivity index (χ4v) is 2.05. The number of hydrogen-bond donors (Lipinski definition) is 2. The van der Waals surface area contributed by atoms with Crippen LogP contribution in [0, 0.1) is 0 Å². The molecule has 7 nitrogen and oxygen atoms in total. The van der Waals surface area contributed by atoms with Crippen LogP contribution in [0.15, 0.2) is 0 Å². The molecular weight excluding hydrogens is 250 g/mol. The summed E-state index contributed by atoms with van der Waals surface area (Å²) in [5.41, 5.74) is 0. The van der Waals surface area contributed by atoms with E-state index in [-0.39, 0.29) is 12.8 Å². The normalized spacial score (nSPS) is 20.1. The van der Waals surface area contributed by atoms with Gasteiger partial charge in [0, 0.05) is 32.1 Å². The standard InChI is InChI=1S/C12H21N3O4/c1-3-9-8-15(7-6-14(9)2)12(19)13-10(16)4-5-11(17)18/h9H,3-8H2,1-2H3,(H,17,18)(H,13,16,19). The first-order chi connectivity index (χ1) is 8.93. The summed E-state index contributed by atoms with van der Waals surface area (Å²) in [6, 6.07) is -0.129. The molecular formula is C12H21N3O4. The second-order valence-electron chi connectivity index (χ2n) is 4.74.